The van der Waals surface area contributed by atoms with Crippen LogP contribution in [-0.4, -0.2) is 16.6 Å². The summed E-state index contributed by atoms with van der Waals surface area (Å²) in [4.78, 5) is 9.19. The first kappa shape index (κ1) is 12.8. The summed E-state index contributed by atoms with van der Waals surface area (Å²) in [5.41, 5.74) is 6.46. The van der Waals surface area contributed by atoms with Gasteiger partial charge in [0.25, 0.3) is 0 Å². The second kappa shape index (κ2) is 5.77. The van der Waals surface area contributed by atoms with Crippen LogP contribution in [0.1, 0.15) is 19.1 Å². The third-order valence-corrected chi connectivity index (χ3v) is 3.43. The fraction of sp³-hybridized carbons (Fsp3) is 0.333. The second-order valence-electron chi connectivity index (χ2n) is 3.69. The lowest BCUT2D eigenvalue weighted by atomic mass is 10.5. The van der Waals surface area contributed by atoms with Gasteiger partial charge in [0.1, 0.15) is 22.8 Å². The molecular weight excluding hydrogens is 250 g/mol. The Hall–Kier alpha value is -1.69. The van der Waals surface area contributed by atoms with E-state index in [1.807, 2.05) is 19.9 Å². The van der Waals surface area contributed by atoms with E-state index in [0.29, 0.717) is 23.2 Å². The number of rotatable bonds is 5. The average molecular weight is 265 g/mol. The molecule has 0 amide bonds. The molecule has 0 spiro atoms. The van der Waals surface area contributed by atoms with Crippen molar-refractivity contribution in [2.75, 3.05) is 12.3 Å². The van der Waals surface area contributed by atoms with Crippen molar-refractivity contribution in [2.24, 2.45) is 0 Å². The number of nitrogen functional groups attached to an aromatic ring is 1. The summed E-state index contributed by atoms with van der Waals surface area (Å²) in [6.07, 6.45) is 4.01. The number of nitrogens with zero attached hydrogens (tertiary/aromatic N) is 2. The normalized spacial score (nSPS) is 10.6. The number of nitrogens with two attached hydrogens (primary N) is 1. The van der Waals surface area contributed by atoms with Crippen LogP contribution < -0.4 is 10.5 Å². The van der Waals surface area contributed by atoms with Gasteiger partial charge in [-0.1, -0.05) is 18.7 Å². The highest BCUT2D eigenvalue weighted by Crippen LogP contribution is 2.35. The van der Waals surface area contributed by atoms with Crippen LogP contribution in [0.15, 0.2) is 33.0 Å². The summed E-state index contributed by atoms with van der Waals surface area (Å²) in [5, 5.41) is 0.681. The van der Waals surface area contributed by atoms with E-state index in [9.17, 15) is 0 Å². The highest BCUT2D eigenvalue weighted by molar-refractivity contribution is 7.99. The first-order valence-corrected chi connectivity index (χ1v) is 6.49. The SMILES string of the molecule is CCCOc1ncnc(Sc2ccoc2C)c1N. The topological polar surface area (TPSA) is 74.2 Å². The summed E-state index contributed by atoms with van der Waals surface area (Å²) in [7, 11) is 0. The molecule has 0 aromatic carbocycles. The predicted octanol–water partition coefficient (Wildman–Crippen LogP) is 2.90. The van der Waals surface area contributed by atoms with E-state index in [1.54, 1.807) is 6.26 Å². The lowest BCUT2D eigenvalue weighted by Crippen LogP contribution is -2.03. The van der Waals surface area contributed by atoms with E-state index < -0.39 is 0 Å². The van der Waals surface area contributed by atoms with Crippen LogP contribution in [0.4, 0.5) is 5.69 Å². The van der Waals surface area contributed by atoms with Crippen molar-refractivity contribution in [3.8, 4) is 5.88 Å². The number of aromatic nitrogens is 2. The molecule has 0 aliphatic rings. The largest absolute Gasteiger partial charge is 0.476 e. The minimum Gasteiger partial charge on any atom is -0.476 e. The van der Waals surface area contributed by atoms with E-state index in [4.69, 9.17) is 14.9 Å². The quantitative estimate of drug-likeness (QED) is 0.838. The third kappa shape index (κ3) is 2.76. The molecule has 18 heavy (non-hydrogen) atoms. The zero-order chi connectivity index (χ0) is 13.0. The Balaban J connectivity index is 2.21. The van der Waals surface area contributed by atoms with Crippen LogP contribution in [0.2, 0.25) is 0 Å². The van der Waals surface area contributed by atoms with Gasteiger partial charge in [-0.2, -0.15) is 4.98 Å². The molecule has 0 bridgehead atoms. The molecule has 2 aromatic rings. The van der Waals surface area contributed by atoms with Crippen molar-refractivity contribution in [1.82, 2.24) is 9.97 Å². The first-order valence-electron chi connectivity index (χ1n) is 5.67. The molecule has 0 aliphatic heterocycles. The van der Waals surface area contributed by atoms with Crippen molar-refractivity contribution in [2.45, 2.75) is 30.2 Å². The van der Waals surface area contributed by atoms with Gasteiger partial charge >= 0.3 is 0 Å². The lowest BCUT2D eigenvalue weighted by molar-refractivity contribution is 0.305. The molecule has 0 aliphatic carbocycles. The van der Waals surface area contributed by atoms with Crippen molar-refractivity contribution < 1.29 is 9.15 Å². The standard InChI is InChI=1S/C12H15N3O2S/c1-3-5-17-11-10(13)12(15-7-14-11)18-9-4-6-16-8(9)2/h4,6-7H,3,5,13H2,1-2H3. The summed E-state index contributed by atoms with van der Waals surface area (Å²) >= 11 is 1.45. The molecule has 2 rings (SSSR count). The summed E-state index contributed by atoms with van der Waals surface area (Å²) < 4.78 is 10.7. The van der Waals surface area contributed by atoms with Crippen LogP contribution in [0.3, 0.4) is 0 Å². The van der Waals surface area contributed by atoms with E-state index >= 15 is 0 Å². The molecule has 0 radical (unpaired) electrons. The molecule has 0 atom stereocenters. The molecule has 0 fully saturated rings. The number of anilines is 1. The van der Waals surface area contributed by atoms with Gasteiger partial charge in [-0.15, -0.1) is 0 Å². The summed E-state index contributed by atoms with van der Waals surface area (Å²) in [6.45, 7) is 4.52. The molecule has 2 N–H and O–H groups in total. The molecule has 0 saturated heterocycles. The monoisotopic (exact) mass is 265 g/mol. The highest BCUT2D eigenvalue weighted by atomic mass is 32.2. The third-order valence-electron chi connectivity index (χ3n) is 2.27. The Labute approximate surface area is 110 Å². The maximum Gasteiger partial charge on any atom is 0.241 e. The molecule has 2 heterocycles. The first-order chi connectivity index (χ1) is 8.72. The van der Waals surface area contributed by atoms with Gasteiger partial charge in [0.2, 0.25) is 5.88 Å². The van der Waals surface area contributed by atoms with Gasteiger partial charge < -0.3 is 14.9 Å². The van der Waals surface area contributed by atoms with Crippen LogP contribution in [0.5, 0.6) is 5.88 Å². The fourth-order valence-electron chi connectivity index (χ4n) is 1.34. The number of hydrogen-bond donors (Lipinski definition) is 1. The Bertz CT molecular complexity index is 528. The van der Waals surface area contributed by atoms with E-state index in [0.717, 1.165) is 17.1 Å². The molecule has 6 heteroatoms. The van der Waals surface area contributed by atoms with Gasteiger partial charge in [0.05, 0.1) is 17.8 Å². The maximum absolute atomic E-state index is 5.99. The summed E-state index contributed by atoms with van der Waals surface area (Å²) in [5.74, 6) is 1.28. The van der Waals surface area contributed by atoms with Gasteiger partial charge in [-0.3, -0.25) is 0 Å². The Morgan fingerprint density at radius 1 is 1.44 bits per heavy atom. The highest BCUT2D eigenvalue weighted by Gasteiger charge is 2.12. The van der Waals surface area contributed by atoms with Gasteiger partial charge in [0, 0.05) is 0 Å². The van der Waals surface area contributed by atoms with Crippen LogP contribution in [0.25, 0.3) is 0 Å². The average Bonchev–Trinajstić information content (AvgIpc) is 2.76. The molecule has 0 unspecified atom stereocenters. The van der Waals surface area contributed by atoms with Crippen LogP contribution in [-0.2, 0) is 0 Å². The molecule has 5 nitrogen and oxygen atoms in total. The number of furan rings is 1. The van der Waals surface area contributed by atoms with Crippen molar-refractivity contribution >= 4 is 17.4 Å². The Kier molecular flexibility index (Phi) is 4.09. The smallest absolute Gasteiger partial charge is 0.241 e. The number of aryl methyl sites for hydroxylation is 1. The van der Waals surface area contributed by atoms with Crippen LogP contribution in [0, 0.1) is 6.92 Å². The maximum atomic E-state index is 5.99. The van der Waals surface area contributed by atoms with Crippen molar-refractivity contribution in [3.63, 3.8) is 0 Å². The van der Waals surface area contributed by atoms with Crippen molar-refractivity contribution in [1.29, 1.82) is 0 Å². The molecule has 96 valence electrons. The van der Waals surface area contributed by atoms with Gasteiger partial charge in [0.15, 0.2) is 0 Å². The van der Waals surface area contributed by atoms with E-state index in [1.165, 1.54) is 18.1 Å². The second-order valence-corrected chi connectivity index (χ2v) is 4.72. The van der Waals surface area contributed by atoms with Gasteiger partial charge in [-0.05, 0) is 19.4 Å². The number of ether oxygens (including phenoxy) is 1. The zero-order valence-electron chi connectivity index (χ0n) is 10.3. The molecule has 0 saturated carbocycles. The minimum atomic E-state index is 0.440. The zero-order valence-corrected chi connectivity index (χ0v) is 11.2. The Morgan fingerprint density at radius 2 is 2.28 bits per heavy atom. The number of hydrogen-bond acceptors (Lipinski definition) is 6. The van der Waals surface area contributed by atoms with Gasteiger partial charge in [-0.25, -0.2) is 4.98 Å². The predicted molar refractivity (Wildman–Crippen MR) is 69.8 cm³/mol. The minimum absolute atomic E-state index is 0.440. The van der Waals surface area contributed by atoms with Crippen LogP contribution >= 0.6 is 11.8 Å². The Morgan fingerprint density at radius 3 is 2.94 bits per heavy atom. The lowest BCUT2D eigenvalue weighted by Gasteiger charge is -2.08. The molecular formula is C12H15N3O2S. The van der Waals surface area contributed by atoms with E-state index in [-0.39, 0.29) is 0 Å². The van der Waals surface area contributed by atoms with E-state index in [2.05, 4.69) is 9.97 Å². The summed E-state index contributed by atoms with van der Waals surface area (Å²) in [6, 6.07) is 1.88. The fourth-order valence-corrected chi connectivity index (χ4v) is 2.16. The molecule has 2 aromatic heterocycles. The van der Waals surface area contributed by atoms with Crippen molar-refractivity contribution in [3.05, 3.63) is 24.4 Å².